The first kappa shape index (κ1) is 11.8. The Balaban J connectivity index is 2.28. The molecule has 0 aliphatic rings. The van der Waals surface area contributed by atoms with Gasteiger partial charge < -0.3 is 9.52 Å². The van der Waals surface area contributed by atoms with Crippen LogP contribution in [0.2, 0.25) is 0 Å². The number of aromatic carboxylic acids is 1. The summed E-state index contributed by atoms with van der Waals surface area (Å²) in [5.74, 6) is -0.665. The van der Waals surface area contributed by atoms with E-state index in [0.717, 1.165) is 6.26 Å². The van der Waals surface area contributed by atoms with Gasteiger partial charge in [-0.3, -0.25) is 9.36 Å². The lowest BCUT2D eigenvalue weighted by molar-refractivity contribution is 0.0696. The number of hydrogen-bond donors (Lipinski definition) is 1. The van der Waals surface area contributed by atoms with Gasteiger partial charge in [0.2, 0.25) is 0 Å². The van der Waals surface area contributed by atoms with Gasteiger partial charge in [-0.15, -0.1) is 0 Å². The fourth-order valence-corrected chi connectivity index (χ4v) is 1.75. The van der Waals surface area contributed by atoms with Crippen molar-refractivity contribution in [2.75, 3.05) is 0 Å². The van der Waals surface area contributed by atoms with Gasteiger partial charge in [-0.1, -0.05) is 0 Å². The molecule has 17 heavy (non-hydrogen) atoms. The van der Waals surface area contributed by atoms with Crippen molar-refractivity contribution in [3.05, 3.63) is 50.1 Å². The Morgan fingerprint density at radius 3 is 3.00 bits per heavy atom. The highest BCUT2D eigenvalue weighted by atomic mass is 127. The summed E-state index contributed by atoms with van der Waals surface area (Å²) in [5, 5.41) is 8.72. The molecule has 88 valence electrons. The fraction of sp³-hybridized carbons (Fsp3) is 0.100. The minimum absolute atomic E-state index is 0.0617. The molecule has 0 unspecified atom stereocenters. The quantitative estimate of drug-likeness (QED) is 0.844. The van der Waals surface area contributed by atoms with Crippen molar-refractivity contribution in [1.29, 1.82) is 0 Å². The summed E-state index contributed by atoms with van der Waals surface area (Å²) in [7, 11) is 0. The van der Waals surface area contributed by atoms with Crippen molar-refractivity contribution < 1.29 is 14.3 Å². The van der Waals surface area contributed by atoms with E-state index in [1.54, 1.807) is 0 Å². The highest BCUT2D eigenvalue weighted by molar-refractivity contribution is 14.1. The topological polar surface area (TPSA) is 85.3 Å². The van der Waals surface area contributed by atoms with Crippen LogP contribution in [0.3, 0.4) is 0 Å². The molecule has 2 heterocycles. The lowest BCUT2D eigenvalue weighted by atomic mass is 10.3. The molecule has 0 atom stereocenters. The zero-order valence-corrected chi connectivity index (χ0v) is 10.6. The highest BCUT2D eigenvalue weighted by Gasteiger charge is 2.09. The van der Waals surface area contributed by atoms with E-state index < -0.39 is 5.97 Å². The molecular weight excluding hydrogens is 339 g/mol. The van der Waals surface area contributed by atoms with E-state index in [9.17, 15) is 9.59 Å². The number of hydrogen-bond acceptors (Lipinski definition) is 4. The van der Waals surface area contributed by atoms with Gasteiger partial charge in [-0.05, 0) is 28.7 Å². The molecule has 6 nitrogen and oxygen atoms in total. The molecule has 2 aromatic rings. The summed E-state index contributed by atoms with van der Waals surface area (Å²) >= 11 is 1.89. The van der Waals surface area contributed by atoms with E-state index in [4.69, 9.17) is 9.52 Å². The van der Waals surface area contributed by atoms with Gasteiger partial charge in [-0.2, -0.15) is 0 Å². The van der Waals surface area contributed by atoms with Crippen LogP contribution < -0.4 is 5.56 Å². The minimum atomic E-state index is -1.06. The second-order valence-corrected chi connectivity index (χ2v) is 4.44. The van der Waals surface area contributed by atoms with Crippen LogP contribution >= 0.6 is 22.6 Å². The largest absolute Gasteiger partial charge is 0.478 e. The normalized spacial score (nSPS) is 10.4. The first-order valence-electron chi connectivity index (χ1n) is 4.58. The van der Waals surface area contributed by atoms with E-state index in [1.165, 1.54) is 23.2 Å². The molecule has 2 rings (SSSR count). The Morgan fingerprint density at radius 2 is 2.35 bits per heavy atom. The summed E-state index contributed by atoms with van der Waals surface area (Å²) in [5.41, 5.74) is -0.125. The molecule has 0 saturated heterocycles. The molecule has 7 heteroatoms. The molecule has 2 aromatic heterocycles. The van der Waals surface area contributed by atoms with Gasteiger partial charge in [0.05, 0.1) is 22.0 Å². The van der Waals surface area contributed by atoms with Crippen molar-refractivity contribution in [3.63, 3.8) is 0 Å². The van der Waals surface area contributed by atoms with Gasteiger partial charge in [0.25, 0.3) is 5.56 Å². The minimum Gasteiger partial charge on any atom is -0.478 e. The number of rotatable bonds is 3. The molecule has 0 aromatic carbocycles. The predicted octanol–water partition coefficient (Wildman–Crippen LogP) is 1.19. The first-order valence-corrected chi connectivity index (χ1v) is 5.66. The van der Waals surface area contributed by atoms with Crippen molar-refractivity contribution >= 4 is 28.6 Å². The van der Waals surface area contributed by atoms with E-state index in [1.807, 2.05) is 22.6 Å². The Kier molecular flexibility index (Phi) is 3.27. The Bertz CT molecular complexity index is 617. The van der Waals surface area contributed by atoms with Crippen molar-refractivity contribution in [2.45, 2.75) is 6.54 Å². The Morgan fingerprint density at radius 1 is 1.59 bits per heavy atom. The predicted molar refractivity (Wildman–Crippen MR) is 66.0 cm³/mol. The molecule has 0 amide bonds. The summed E-state index contributed by atoms with van der Waals surface area (Å²) in [6.45, 7) is 0.163. The van der Waals surface area contributed by atoms with E-state index >= 15 is 0 Å². The monoisotopic (exact) mass is 346 g/mol. The molecule has 0 fully saturated rings. The third-order valence-corrected chi connectivity index (χ3v) is 2.83. The van der Waals surface area contributed by atoms with Crippen LogP contribution in [0.4, 0.5) is 0 Å². The third-order valence-electron chi connectivity index (χ3n) is 2.09. The highest BCUT2D eigenvalue weighted by Crippen LogP contribution is 2.08. The number of carboxylic acids is 1. The zero-order chi connectivity index (χ0) is 12.4. The molecule has 0 aliphatic heterocycles. The molecule has 0 radical (unpaired) electrons. The number of furan rings is 1. The summed E-state index contributed by atoms with van der Waals surface area (Å²) in [6, 6.07) is 1.38. The van der Waals surface area contributed by atoms with Crippen LogP contribution in [0.15, 0.2) is 34.1 Å². The number of aromatic nitrogens is 2. The van der Waals surface area contributed by atoms with Crippen LogP contribution in [0.1, 0.15) is 16.1 Å². The number of nitrogens with zero attached hydrogens (tertiary/aromatic N) is 2. The Labute approximate surface area is 109 Å². The molecule has 0 saturated carbocycles. The van der Waals surface area contributed by atoms with Crippen LogP contribution in [0.25, 0.3) is 0 Å². The maximum Gasteiger partial charge on any atom is 0.338 e. The van der Waals surface area contributed by atoms with E-state index in [-0.39, 0.29) is 17.7 Å². The van der Waals surface area contributed by atoms with Gasteiger partial charge in [0.1, 0.15) is 12.0 Å². The number of carboxylic acid groups (broad SMARTS) is 1. The van der Waals surface area contributed by atoms with Crippen molar-refractivity contribution in [1.82, 2.24) is 9.55 Å². The maximum absolute atomic E-state index is 11.7. The van der Waals surface area contributed by atoms with Gasteiger partial charge in [0.15, 0.2) is 0 Å². The Hall–Kier alpha value is -1.64. The summed E-state index contributed by atoms with van der Waals surface area (Å²) in [4.78, 5) is 26.2. The smallest absolute Gasteiger partial charge is 0.338 e. The maximum atomic E-state index is 11.7. The summed E-state index contributed by atoms with van der Waals surface area (Å²) < 4.78 is 6.90. The van der Waals surface area contributed by atoms with E-state index in [0.29, 0.717) is 9.33 Å². The van der Waals surface area contributed by atoms with Crippen molar-refractivity contribution in [3.8, 4) is 0 Å². The van der Waals surface area contributed by atoms with Crippen molar-refractivity contribution in [2.24, 2.45) is 0 Å². The van der Waals surface area contributed by atoms with Crippen LogP contribution in [0, 0.1) is 3.57 Å². The molecule has 0 aliphatic carbocycles. The van der Waals surface area contributed by atoms with E-state index in [2.05, 4.69) is 4.98 Å². The fourth-order valence-electron chi connectivity index (χ4n) is 1.28. The average molecular weight is 346 g/mol. The second-order valence-electron chi connectivity index (χ2n) is 3.28. The SMILES string of the molecule is O=C(O)c1coc(Cn2cncc(I)c2=O)c1. The average Bonchev–Trinajstić information content (AvgIpc) is 2.73. The van der Waals surface area contributed by atoms with Crippen LogP contribution in [-0.4, -0.2) is 20.6 Å². The first-order chi connectivity index (χ1) is 8.08. The third kappa shape index (κ3) is 2.54. The molecular formula is C10H7IN2O4. The number of halogens is 1. The zero-order valence-electron chi connectivity index (χ0n) is 8.46. The lowest BCUT2D eigenvalue weighted by Gasteiger charge is -2.01. The van der Waals surface area contributed by atoms with Crippen LogP contribution in [-0.2, 0) is 6.54 Å². The van der Waals surface area contributed by atoms with Crippen LogP contribution in [0.5, 0.6) is 0 Å². The standard InChI is InChI=1S/C10H7IN2O4/c11-8-2-12-5-13(9(8)14)3-7-1-6(4-17-7)10(15)16/h1-2,4-5H,3H2,(H,15,16). The molecule has 1 N–H and O–H groups in total. The van der Waals surface area contributed by atoms with Gasteiger partial charge in [0, 0.05) is 6.20 Å². The molecule has 0 spiro atoms. The summed E-state index contributed by atoms with van der Waals surface area (Å²) in [6.07, 6.45) is 3.99. The molecule has 0 bridgehead atoms. The van der Waals surface area contributed by atoms with Gasteiger partial charge >= 0.3 is 5.97 Å². The lowest BCUT2D eigenvalue weighted by Crippen LogP contribution is -2.22. The second kappa shape index (κ2) is 4.70. The number of carbonyl (C=O) groups is 1. The van der Waals surface area contributed by atoms with Gasteiger partial charge in [-0.25, -0.2) is 9.78 Å².